The zero-order valence-electron chi connectivity index (χ0n) is 10.2. The second kappa shape index (κ2) is 5.49. The molecule has 1 N–H and O–H groups in total. The van der Waals surface area contributed by atoms with Crippen molar-refractivity contribution in [3.8, 4) is 0 Å². The van der Waals surface area contributed by atoms with Gasteiger partial charge in [0, 0.05) is 17.6 Å². The highest BCUT2D eigenvalue weighted by Crippen LogP contribution is 2.14. The summed E-state index contributed by atoms with van der Waals surface area (Å²) < 4.78 is 4.76. The van der Waals surface area contributed by atoms with Crippen LogP contribution in [0.5, 0.6) is 0 Å². The Balaban J connectivity index is 2.79. The van der Waals surface area contributed by atoms with Gasteiger partial charge in [-0.05, 0) is 25.0 Å². The van der Waals surface area contributed by atoms with E-state index in [9.17, 15) is 4.79 Å². The van der Waals surface area contributed by atoms with Crippen molar-refractivity contribution in [1.29, 1.82) is 0 Å². The lowest BCUT2D eigenvalue weighted by Crippen LogP contribution is -2.35. The minimum atomic E-state index is -0.327. The van der Waals surface area contributed by atoms with Crippen LogP contribution in [0.25, 0.3) is 0 Å². The Morgan fingerprint density at radius 2 is 2.19 bits per heavy atom. The van der Waals surface area contributed by atoms with Crippen LogP contribution in [0.2, 0.25) is 0 Å². The maximum absolute atomic E-state index is 11.5. The first-order chi connectivity index (χ1) is 7.54. The molecule has 0 aromatic carbocycles. The molecule has 0 radical (unpaired) electrons. The van der Waals surface area contributed by atoms with Crippen molar-refractivity contribution in [3.63, 3.8) is 0 Å². The van der Waals surface area contributed by atoms with Crippen molar-refractivity contribution in [2.75, 3.05) is 12.4 Å². The van der Waals surface area contributed by atoms with Gasteiger partial charge in [0.2, 0.25) is 0 Å². The molecule has 16 heavy (non-hydrogen) atoms. The van der Waals surface area contributed by atoms with Crippen molar-refractivity contribution in [2.45, 2.75) is 26.8 Å². The van der Waals surface area contributed by atoms with E-state index in [0.29, 0.717) is 0 Å². The molecule has 0 bridgehead atoms. The summed E-state index contributed by atoms with van der Waals surface area (Å²) in [5.41, 5.74) is 1.80. The van der Waals surface area contributed by atoms with E-state index in [1.807, 2.05) is 32.9 Å². The highest BCUT2D eigenvalue weighted by atomic mass is 16.5. The number of carbonyl (C=O) groups is 1. The zero-order valence-corrected chi connectivity index (χ0v) is 10.2. The van der Waals surface area contributed by atoms with Crippen LogP contribution in [0.1, 0.15) is 19.5 Å². The Bertz CT molecular complexity index is 364. The van der Waals surface area contributed by atoms with E-state index < -0.39 is 0 Å². The number of carbonyl (C=O) groups excluding carboxylic acids is 1. The number of pyridine rings is 1. The van der Waals surface area contributed by atoms with Gasteiger partial charge in [0.1, 0.15) is 6.04 Å². The van der Waals surface area contributed by atoms with Crippen molar-refractivity contribution in [1.82, 2.24) is 4.98 Å². The SMILES string of the molecule is COC(=O)C(Nc1ccnc(C)c1)C(C)C. The summed E-state index contributed by atoms with van der Waals surface area (Å²) in [4.78, 5) is 15.6. The fraction of sp³-hybridized carbons (Fsp3) is 0.500. The summed E-state index contributed by atoms with van der Waals surface area (Å²) in [6, 6.07) is 3.41. The number of aromatic nitrogens is 1. The van der Waals surface area contributed by atoms with Gasteiger partial charge in [0.15, 0.2) is 0 Å². The fourth-order valence-corrected chi connectivity index (χ4v) is 1.44. The van der Waals surface area contributed by atoms with E-state index in [0.717, 1.165) is 11.4 Å². The average molecular weight is 222 g/mol. The van der Waals surface area contributed by atoms with Crippen molar-refractivity contribution in [2.24, 2.45) is 5.92 Å². The van der Waals surface area contributed by atoms with Crippen LogP contribution in [0.3, 0.4) is 0 Å². The van der Waals surface area contributed by atoms with Gasteiger partial charge in [-0.25, -0.2) is 4.79 Å². The molecule has 0 aliphatic heterocycles. The molecule has 0 saturated carbocycles. The average Bonchev–Trinajstić information content (AvgIpc) is 2.24. The predicted molar refractivity (Wildman–Crippen MR) is 63.2 cm³/mol. The van der Waals surface area contributed by atoms with E-state index >= 15 is 0 Å². The number of hydrogen-bond acceptors (Lipinski definition) is 4. The highest BCUT2D eigenvalue weighted by molar-refractivity contribution is 5.79. The number of aryl methyl sites for hydroxylation is 1. The van der Waals surface area contributed by atoms with Gasteiger partial charge in [0.25, 0.3) is 0 Å². The Morgan fingerprint density at radius 1 is 1.50 bits per heavy atom. The summed E-state index contributed by atoms with van der Waals surface area (Å²) in [6.45, 7) is 5.86. The third-order valence-corrected chi connectivity index (χ3v) is 2.34. The third kappa shape index (κ3) is 3.22. The lowest BCUT2D eigenvalue weighted by molar-refractivity contribution is -0.142. The normalized spacial score (nSPS) is 12.3. The molecule has 0 aliphatic carbocycles. The number of anilines is 1. The van der Waals surface area contributed by atoms with E-state index in [4.69, 9.17) is 4.74 Å². The smallest absolute Gasteiger partial charge is 0.328 e. The monoisotopic (exact) mass is 222 g/mol. The number of ether oxygens (including phenoxy) is 1. The van der Waals surface area contributed by atoms with Crippen LogP contribution in [0, 0.1) is 12.8 Å². The summed E-state index contributed by atoms with van der Waals surface area (Å²) in [7, 11) is 1.40. The van der Waals surface area contributed by atoms with Crippen LogP contribution >= 0.6 is 0 Å². The first-order valence-electron chi connectivity index (χ1n) is 5.31. The molecule has 1 heterocycles. The van der Waals surface area contributed by atoms with Gasteiger partial charge in [0.05, 0.1) is 7.11 Å². The molecule has 1 aromatic heterocycles. The fourth-order valence-electron chi connectivity index (χ4n) is 1.44. The number of nitrogens with zero attached hydrogens (tertiary/aromatic N) is 1. The van der Waals surface area contributed by atoms with E-state index in [2.05, 4.69) is 10.3 Å². The van der Waals surface area contributed by atoms with E-state index in [1.54, 1.807) is 6.20 Å². The molecule has 1 aromatic rings. The molecule has 0 aliphatic rings. The topological polar surface area (TPSA) is 51.2 Å². The van der Waals surface area contributed by atoms with Crippen LogP contribution < -0.4 is 5.32 Å². The lowest BCUT2D eigenvalue weighted by atomic mass is 10.0. The summed E-state index contributed by atoms with van der Waals surface area (Å²) in [5.74, 6) is -0.0783. The second-order valence-corrected chi connectivity index (χ2v) is 4.08. The minimum Gasteiger partial charge on any atom is -0.467 e. The molecule has 0 fully saturated rings. The molecule has 1 atom stereocenters. The molecule has 1 unspecified atom stereocenters. The summed E-state index contributed by atoms with van der Waals surface area (Å²) in [6.07, 6.45) is 1.71. The standard InChI is InChI=1S/C12H18N2O2/c1-8(2)11(12(15)16-4)14-10-5-6-13-9(3)7-10/h5-8,11H,1-4H3,(H,13,14). The maximum atomic E-state index is 11.5. The lowest BCUT2D eigenvalue weighted by Gasteiger charge is -2.20. The highest BCUT2D eigenvalue weighted by Gasteiger charge is 2.22. The molecule has 88 valence electrons. The van der Waals surface area contributed by atoms with Crippen molar-refractivity contribution >= 4 is 11.7 Å². The molecule has 0 spiro atoms. The Hall–Kier alpha value is -1.58. The van der Waals surface area contributed by atoms with Gasteiger partial charge in [-0.15, -0.1) is 0 Å². The molecule has 0 saturated heterocycles. The van der Waals surface area contributed by atoms with Crippen molar-refractivity contribution < 1.29 is 9.53 Å². The van der Waals surface area contributed by atoms with E-state index in [-0.39, 0.29) is 17.9 Å². The third-order valence-electron chi connectivity index (χ3n) is 2.34. The Kier molecular flexibility index (Phi) is 4.28. The van der Waals surface area contributed by atoms with E-state index in [1.165, 1.54) is 7.11 Å². The van der Waals surface area contributed by atoms with Crippen LogP contribution in [-0.2, 0) is 9.53 Å². The number of rotatable bonds is 4. The second-order valence-electron chi connectivity index (χ2n) is 4.08. The van der Waals surface area contributed by atoms with Crippen LogP contribution in [0.4, 0.5) is 5.69 Å². The summed E-state index contributed by atoms with van der Waals surface area (Å²) >= 11 is 0. The van der Waals surface area contributed by atoms with Gasteiger partial charge >= 0.3 is 5.97 Å². The predicted octanol–water partition coefficient (Wildman–Crippen LogP) is 2.00. The van der Waals surface area contributed by atoms with Gasteiger partial charge in [-0.2, -0.15) is 0 Å². The first kappa shape index (κ1) is 12.5. The first-order valence-corrected chi connectivity index (χ1v) is 5.31. The molecule has 1 rings (SSSR count). The largest absolute Gasteiger partial charge is 0.467 e. The molecule has 0 amide bonds. The van der Waals surface area contributed by atoms with Gasteiger partial charge in [-0.1, -0.05) is 13.8 Å². The number of nitrogens with one attached hydrogen (secondary N) is 1. The zero-order chi connectivity index (χ0) is 12.1. The molecule has 4 nitrogen and oxygen atoms in total. The van der Waals surface area contributed by atoms with Gasteiger partial charge < -0.3 is 10.1 Å². The summed E-state index contributed by atoms with van der Waals surface area (Å²) in [5, 5.41) is 3.16. The maximum Gasteiger partial charge on any atom is 0.328 e. The Labute approximate surface area is 96.0 Å². The quantitative estimate of drug-likeness (QED) is 0.792. The van der Waals surface area contributed by atoms with Crippen LogP contribution in [-0.4, -0.2) is 24.1 Å². The molecule has 4 heteroatoms. The number of hydrogen-bond donors (Lipinski definition) is 1. The number of methoxy groups -OCH3 is 1. The Morgan fingerprint density at radius 3 is 2.69 bits per heavy atom. The van der Waals surface area contributed by atoms with Crippen molar-refractivity contribution in [3.05, 3.63) is 24.0 Å². The minimum absolute atomic E-state index is 0.168. The number of esters is 1. The molecular formula is C12H18N2O2. The van der Waals surface area contributed by atoms with Crippen LogP contribution in [0.15, 0.2) is 18.3 Å². The molecular weight excluding hydrogens is 204 g/mol. The van der Waals surface area contributed by atoms with Gasteiger partial charge in [-0.3, -0.25) is 4.98 Å².